The fourth-order valence-corrected chi connectivity index (χ4v) is 2.88. The molecule has 0 fully saturated rings. The fourth-order valence-electron chi connectivity index (χ4n) is 1.95. The molecule has 0 unspecified atom stereocenters. The monoisotopic (exact) mass is 302 g/mol. The average molecular weight is 302 g/mol. The molecule has 0 aliphatic heterocycles. The van der Waals surface area contributed by atoms with Crippen LogP contribution in [0.2, 0.25) is 0 Å². The SMILES string of the molecule is Fc1ccc(CSc2nccn2-c2cccc(F)c2)cc1. The highest BCUT2D eigenvalue weighted by Crippen LogP contribution is 2.24. The molecule has 0 aliphatic carbocycles. The van der Waals surface area contributed by atoms with E-state index < -0.39 is 0 Å². The highest BCUT2D eigenvalue weighted by molar-refractivity contribution is 7.98. The van der Waals surface area contributed by atoms with Crippen molar-refractivity contribution >= 4 is 11.8 Å². The van der Waals surface area contributed by atoms with Crippen molar-refractivity contribution in [3.8, 4) is 5.69 Å². The number of thioether (sulfide) groups is 1. The van der Waals surface area contributed by atoms with Gasteiger partial charge in [-0.3, -0.25) is 4.57 Å². The Morgan fingerprint density at radius 1 is 1.00 bits per heavy atom. The lowest BCUT2D eigenvalue weighted by molar-refractivity contribution is 0.625. The number of hydrogen-bond donors (Lipinski definition) is 0. The summed E-state index contributed by atoms with van der Waals surface area (Å²) in [6.07, 6.45) is 3.47. The van der Waals surface area contributed by atoms with E-state index in [4.69, 9.17) is 0 Å². The van der Waals surface area contributed by atoms with Crippen LogP contribution in [0.3, 0.4) is 0 Å². The lowest BCUT2D eigenvalue weighted by atomic mass is 10.2. The molecule has 0 saturated heterocycles. The Bertz CT molecular complexity index is 738. The van der Waals surface area contributed by atoms with Gasteiger partial charge in [-0.1, -0.05) is 30.0 Å². The number of nitrogens with zero attached hydrogens (tertiary/aromatic N) is 2. The lowest BCUT2D eigenvalue weighted by Gasteiger charge is -2.07. The van der Waals surface area contributed by atoms with Crippen molar-refractivity contribution in [1.82, 2.24) is 9.55 Å². The zero-order valence-electron chi connectivity index (χ0n) is 11.0. The Morgan fingerprint density at radius 2 is 1.81 bits per heavy atom. The van der Waals surface area contributed by atoms with Gasteiger partial charge in [0.1, 0.15) is 11.6 Å². The van der Waals surface area contributed by atoms with Crippen molar-refractivity contribution in [1.29, 1.82) is 0 Å². The first-order chi connectivity index (χ1) is 10.2. The molecular weight excluding hydrogens is 290 g/mol. The van der Waals surface area contributed by atoms with Crippen molar-refractivity contribution in [2.75, 3.05) is 0 Å². The van der Waals surface area contributed by atoms with Gasteiger partial charge in [0.05, 0.1) is 5.69 Å². The van der Waals surface area contributed by atoms with Crippen molar-refractivity contribution in [3.05, 3.63) is 78.1 Å². The topological polar surface area (TPSA) is 17.8 Å². The Kier molecular flexibility index (Phi) is 4.01. The van der Waals surface area contributed by atoms with Gasteiger partial charge >= 0.3 is 0 Å². The maximum Gasteiger partial charge on any atom is 0.172 e. The standard InChI is InChI=1S/C16H12F2N2S/c17-13-6-4-12(5-7-13)11-21-16-19-8-9-20(16)15-3-1-2-14(18)10-15/h1-10H,11H2. The molecule has 0 bridgehead atoms. The highest BCUT2D eigenvalue weighted by Gasteiger charge is 2.07. The summed E-state index contributed by atoms with van der Waals surface area (Å²) < 4.78 is 28.0. The first kappa shape index (κ1) is 13.8. The first-order valence-electron chi connectivity index (χ1n) is 6.39. The smallest absolute Gasteiger partial charge is 0.172 e. The Hall–Kier alpha value is -2.14. The second-order valence-corrected chi connectivity index (χ2v) is 5.42. The van der Waals surface area contributed by atoms with E-state index in [9.17, 15) is 8.78 Å². The van der Waals surface area contributed by atoms with E-state index in [-0.39, 0.29) is 11.6 Å². The summed E-state index contributed by atoms with van der Waals surface area (Å²) in [6.45, 7) is 0. The third kappa shape index (κ3) is 3.31. The minimum absolute atomic E-state index is 0.245. The quantitative estimate of drug-likeness (QED) is 0.663. The summed E-state index contributed by atoms with van der Waals surface area (Å²) in [6, 6.07) is 12.7. The van der Waals surface area contributed by atoms with Gasteiger partial charge in [0.25, 0.3) is 0 Å². The van der Waals surface area contributed by atoms with Crippen LogP contribution < -0.4 is 0 Å². The van der Waals surface area contributed by atoms with Crippen LogP contribution in [0, 0.1) is 11.6 Å². The zero-order chi connectivity index (χ0) is 14.7. The van der Waals surface area contributed by atoms with Crippen LogP contribution in [-0.4, -0.2) is 9.55 Å². The van der Waals surface area contributed by atoms with Crippen LogP contribution in [0.5, 0.6) is 0 Å². The molecule has 0 saturated carbocycles. The van der Waals surface area contributed by atoms with E-state index in [0.29, 0.717) is 5.75 Å². The molecule has 106 valence electrons. The van der Waals surface area contributed by atoms with Gasteiger partial charge in [0.15, 0.2) is 5.16 Å². The zero-order valence-corrected chi connectivity index (χ0v) is 11.9. The normalized spacial score (nSPS) is 10.8. The number of imidazole rings is 1. The molecule has 0 spiro atoms. The number of benzene rings is 2. The molecule has 21 heavy (non-hydrogen) atoms. The third-order valence-corrected chi connectivity index (χ3v) is 4.01. The summed E-state index contributed by atoms with van der Waals surface area (Å²) in [5.41, 5.74) is 1.74. The second-order valence-electron chi connectivity index (χ2n) is 4.47. The fraction of sp³-hybridized carbons (Fsp3) is 0.0625. The van der Waals surface area contributed by atoms with Crippen molar-refractivity contribution in [2.45, 2.75) is 10.9 Å². The Labute approximate surface area is 125 Å². The minimum Gasteiger partial charge on any atom is -0.295 e. The van der Waals surface area contributed by atoms with Gasteiger partial charge in [-0.15, -0.1) is 0 Å². The summed E-state index contributed by atoms with van der Waals surface area (Å²) in [7, 11) is 0. The van der Waals surface area contributed by atoms with Crippen LogP contribution in [0.25, 0.3) is 5.69 Å². The van der Waals surface area contributed by atoms with Crippen LogP contribution in [0.1, 0.15) is 5.56 Å². The lowest BCUT2D eigenvalue weighted by Crippen LogP contribution is -1.96. The van der Waals surface area contributed by atoms with Gasteiger partial charge < -0.3 is 0 Å². The predicted molar refractivity (Wildman–Crippen MR) is 79.5 cm³/mol. The van der Waals surface area contributed by atoms with Gasteiger partial charge in [-0.05, 0) is 35.9 Å². The van der Waals surface area contributed by atoms with Crippen molar-refractivity contribution in [3.63, 3.8) is 0 Å². The third-order valence-electron chi connectivity index (χ3n) is 2.97. The van der Waals surface area contributed by atoms with E-state index in [0.717, 1.165) is 16.4 Å². The summed E-state index contributed by atoms with van der Waals surface area (Å²) >= 11 is 1.52. The van der Waals surface area contributed by atoms with Crippen LogP contribution in [0.4, 0.5) is 8.78 Å². The molecule has 1 aromatic heterocycles. The molecular formula is C16H12F2N2S. The van der Waals surface area contributed by atoms with Crippen molar-refractivity contribution in [2.24, 2.45) is 0 Å². The molecule has 0 aliphatic rings. The molecule has 2 nitrogen and oxygen atoms in total. The maximum absolute atomic E-state index is 13.3. The molecule has 3 aromatic rings. The molecule has 5 heteroatoms. The maximum atomic E-state index is 13.3. The van der Waals surface area contributed by atoms with E-state index in [2.05, 4.69) is 4.98 Å². The molecule has 2 aromatic carbocycles. The minimum atomic E-state index is -0.282. The molecule has 0 amide bonds. The molecule has 1 heterocycles. The van der Waals surface area contributed by atoms with Crippen LogP contribution >= 0.6 is 11.8 Å². The van der Waals surface area contributed by atoms with Gasteiger partial charge in [0, 0.05) is 18.1 Å². The van der Waals surface area contributed by atoms with E-state index in [1.54, 1.807) is 30.6 Å². The summed E-state index contributed by atoms with van der Waals surface area (Å²) in [5.74, 6) is 0.146. The van der Waals surface area contributed by atoms with Crippen LogP contribution in [0.15, 0.2) is 66.1 Å². The summed E-state index contributed by atoms with van der Waals surface area (Å²) in [4.78, 5) is 4.28. The molecule has 0 N–H and O–H groups in total. The largest absolute Gasteiger partial charge is 0.295 e. The number of halogens is 2. The molecule has 3 rings (SSSR count). The number of rotatable bonds is 4. The van der Waals surface area contributed by atoms with E-state index >= 15 is 0 Å². The van der Waals surface area contributed by atoms with Crippen molar-refractivity contribution < 1.29 is 8.78 Å². The first-order valence-corrected chi connectivity index (χ1v) is 7.37. The van der Waals surface area contributed by atoms with Crippen LogP contribution in [-0.2, 0) is 5.75 Å². The van der Waals surface area contributed by atoms with E-state index in [1.807, 2.05) is 10.6 Å². The van der Waals surface area contributed by atoms with E-state index in [1.165, 1.54) is 36.0 Å². The van der Waals surface area contributed by atoms with Gasteiger partial charge in [-0.25, -0.2) is 13.8 Å². The Balaban J connectivity index is 1.78. The Morgan fingerprint density at radius 3 is 2.57 bits per heavy atom. The number of aromatic nitrogens is 2. The number of hydrogen-bond acceptors (Lipinski definition) is 2. The molecule has 0 radical (unpaired) electrons. The predicted octanol–water partition coefficient (Wildman–Crippen LogP) is 4.44. The second kappa shape index (κ2) is 6.10. The highest BCUT2D eigenvalue weighted by atomic mass is 32.2. The van der Waals surface area contributed by atoms with Gasteiger partial charge in [-0.2, -0.15) is 0 Å². The average Bonchev–Trinajstić information content (AvgIpc) is 2.95. The van der Waals surface area contributed by atoms with Gasteiger partial charge in [0.2, 0.25) is 0 Å². The summed E-state index contributed by atoms with van der Waals surface area (Å²) in [5, 5.41) is 0.768. The molecule has 0 atom stereocenters.